The molecule has 68 valence electrons. The topological polar surface area (TPSA) is 9.23 Å². The Morgan fingerprint density at radius 3 is 2.09 bits per heavy atom. The van der Waals surface area contributed by atoms with Crippen LogP contribution in [0, 0.1) is 0 Å². The highest BCUT2D eigenvalue weighted by molar-refractivity contribution is 4.57. The van der Waals surface area contributed by atoms with Gasteiger partial charge in [0, 0.05) is 0 Å². The Morgan fingerprint density at radius 1 is 1.09 bits per heavy atom. The summed E-state index contributed by atoms with van der Waals surface area (Å²) < 4.78 is 5.79. The van der Waals surface area contributed by atoms with Crippen molar-refractivity contribution < 1.29 is 4.74 Å². The van der Waals surface area contributed by atoms with Gasteiger partial charge in [0.1, 0.15) is 0 Å². The number of ether oxygens (including phenoxy) is 1. The maximum atomic E-state index is 5.79. The normalized spacial score (nSPS) is 16.4. The van der Waals surface area contributed by atoms with Crippen LogP contribution in [0.25, 0.3) is 0 Å². The van der Waals surface area contributed by atoms with Gasteiger partial charge in [0.15, 0.2) is 0 Å². The molecule has 0 saturated carbocycles. The molecule has 2 atom stereocenters. The third kappa shape index (κ3) is 5.25. The van der Waals surface area contributed by atoms with Crippen LogP contribution in [0.4, 0.5) is 0 Å². The van der Waals surface area contributed by atoms with Crippen LogP contribution in [0.5, 0.6) is 0 Å². The minimum absolute atomic E-state index is 0.437. The van der Waals surface area contributed by atoms with Crippen molar-refractivity contribution in [3.8, 4) is 0 Å². The average molecular weight is 158 g/mol. The van der Waals surface area contributed by atoms with Gasteiger partial charge in [-0.3, -0.25) is 0 Å². The molecule has 1 nitrogen and oxygen atoms in total. The summed E-state index contributed by atoms with van der Waals surface area (Å²) in [7, 11) is 0. The van der Waals surface area contributed by atoms with Gasteiger partial charge in [-0.25, -0.2) is 0 Å². The van der Waals surface area contributed by atoms with Crippen LogP contribution in [0.2, 0.25) is 0 Å². The van der Waals surface area contributed by atoms with Crippen LogP contribution in [0.3, 0.4) is 0 Å². The molecule has 0 bridgehead atoms. The quantitative estimate of drug-likeness (QED) is 0.576. The molecule has 0 saturated heterocycles. The van der Waals surface area contributed by atoms with Crippen molar-refractivity contribution in [2.75, 3.05) is 0 Å². The van der Waals surface area contributed by atoms with Crippen molar-refractivity contribution >= 4 is 0 Å². The van der Waals surface area contributed by atoms with Crippen LogP contribution >= 0.6 is 0 Å². The lowest BCUT2D eigenvalue weighted by atomic mass is 10.1. The zero-order valence-electron chi connectivity index (χ0n) is 8.39. The van der Waals surface area contributed by atoms with Crippen LogP contribution < -0.4 is 0 Å². The largest absolute Gasteiger partial charge is 0.375 e. The van der Waals surface area contributed by atoms with Crippen molar-refractivity contribution in [3.63, 3.8) is 0 Å². The van der Waals surface area contributed by atoms with E-state index in [0.29, 0.717) is 12.2 Å². The second-order valence-electron chi connectivity index (χ2n) is 3.17. The second kappa shape index (κ2) is 6.66. The molecule has 1 heteroatoms. The Kier molecular flexibility index (Phi) is 6.63. The summed E-state index contributed by atoms with van der Waals surface area (Å²) in [6.07, 6.45) is 5.65. The molecular formula is C10H22O. The van der Waals surface area contributed by atoms with E-state index in [-0.39, 0.29) is 0 Å². The van der Waals surface area contributed by atoms with Crippen molar-refractivity contribution in [2.45, 2.75) is 65.6 Å². The van der Waals surface area contributed by atoms with E-state index >= 15 is 0 Å². The number of hydrogen-bond acceptors (Lipinski definition) is 1. The lowest BCUT2D eigenvalue weighted by Gasteiger charge is -2.19. The summed E-state index contributed by atoms with van der Waals surface area (Å²) in [6.45, 7) is 8.73. The number of rotatable bonds is 6. The van der Waals surface area contributed by atoms with Crippen LogP contribution in [-0.4, -0.2) is 12.2 Å². The molecule has 0 heterocycles. The zero-order chi connectivity index (χ0) is 8.69. The molecular weight excluding hydrogens is 136 g/mol. The maximum Gasteiger partial charge on any atom is 0.0576 e. The molecule has 0 aromatic rings. The minimum atomic E-state index is 0.437. The molecule has 0 amide bonds. The standard InChI is InChI=1S/C10H22O/c1-5-8-10(7-3)11-9(4)6-2/h9-10H,5-8H2,1-4H3. The fraction of sp³-hybridized carbons (Fsp3) is 1.00. The summed E-state index contributed by atoms with van der Waals surface area (Å²) in [4.78, 5) is 0. The smallest absolute Gasteiger partial charge is 0.0576 e. The fourth-order valence-electron chi connectivity index (χ4n) is 1.12. The highest BCUT2D eigenvalue weighted by Gasteiger charge is 2.08. The van der Waals surface area contributed by atoms with Gasteiger partial charge in [-0.2, -0.15) is 0 Å². The molecule has 0 radical (unpaired) electrons. The monoisotopic (exact) mass is 158 g/mol. The molecule has 0 N–H and O–H groups in total. The van der Waals surface area contributed by atoms with Gasteiger partial charge in [-0.1, -0.05) is 27.2 Å². The van der Waals surface area contributed by atoms with Crippen molar-refractivity contribution in [1.82, 2.24) is 0 Å². The Balaban J connectivity index is 3.49. The highest BCUT2D eigenvalue weighted by Crippen LogP contribution is 2.10. The highest BCUT2D eigenvalue weighted by atomic mass is 16.5. The molecule has 0 spiro atoms. The maximum absolute atomic E-state index is 5.79. The van der Waals surface area contributed by atoms with Crippen molar-refractivity contribution in [2.24, 2.45) is 0 Å². The Morgan fingerprint density at radius 2 is 1.73 bits per heavy atom. The predicted octanol–water partition coefficient (Wildman–Crippen LogP) is 3.38. The third-order valence-corrected chi connectivity index (χ3v) is 2.07. The van der Waals surface area contributed by atoms with Gasteiger partial charge in [0.2, 0.25) is 0 Å². The first-order valence-corrected chi connectivity index (χ1v) is 4.89. The molecule has 0 aliphatic carbocycles. The molecule has 0 rings (SSSR count). The fourth-order valence-corrected chi connectivity index (χ4v) is 1.12. The Labute approximate surface area is 71.1 Å². The summed E-state index contributed by atoms with van der Waals surface area (Å²) >= 11 is 0. The van der Waals surface area contributed by atoms with Gasteiger partial charge in [0.25, 0.3) is 0 Å². The average Bonchev–Trinajstić information content (AvgIpc) is 2.03. The lowest BCUT2D eigenvalue weighted by molar-refractivity contribution is -0.0101. The van der Waals surface area contributed by atoms with E-state index < -0.39 is 0 Å². The van der Waals surface area contributed by atoms with Crippen LogP contribution in [0.15, 0.2) is 0 Å². The summed E-state index contributed by atoms with van der Waals surface area (Å²) in [5.41, 5.74) is 0. The van der Waals surface area contributed by atoms with Crippen molar-refractivity contribution in [1.29, 1.82) is 0 Å². The van der Waals surface area contributed by atoms with Gasteiger partial charge in [-0.15, -0.1) is 0 Å². The molecule has 0 aliphatic heterocycles. The molecule has 11 heavy (non-hydrogen) atoms. The summed E-state index contributed by atoms with van der Waals surface area (Å²) in [5.74, 6) is 0. The number of hydrogen-bond donors (Lipinski definition) is 0. The van der Waals surface area contributed by atoms with E-state index in [9.17, 15) is 0 Å². The SMILES string of the molecule is CCCC(CC)OC(C)CC. The van der Waals surface area contributed by atoms with Crippen LogP contribution in [-0.2, 0) is 4.74 Å². The zero-order valence-corrected chi connectivity index (χ0v) is 8.39. The van der Waals surface area contributed by atoms with Gasteiger partial charge in [-0.05, 0) is 26.2 Å². The first-order valence-electron chi connectivity index (χ1n) is 4.89. The van der Waals surface area contributed by atoms with Crippen molar-refractivity contribution in [3.05, 3.63) is 0 Å². The van der Waals surface area contributed by atoms with E-state index in [1.165, 1.54) is 12.8 Å². The Hall–Kier alpha value is -0.0400. The van der Waals surface area contributed by atoms with Gasteiger partial charge < -0.3 is 4.74 Å². The minimum Gasteiger partial charge on any atom is -0.375 e. The predicted molar refractivity (Wildman–Crippen MR) is 49.8 cm³/mol. The first kappa shape index (κ1) is 11.0. The van der Waals surface area contributed by atoms with E-state index in [0.717, 1.165) is 12.8 Å². The van der Waals surface area contributed by atoms with Crippen LogP contribution in [0.1, 0.15) is 53.4 Å². The van der Waals surface area contributed by atoms with E-state index in [1.807, 2.05) is 0 Å². The third-order valence-electron chi connectivity index (χ3n) is 2.07. The molecule has 0 aliphatic rings. The molecule has 2 unspecified atom stereocenters. The van der Waals surface area contributed by atoms with E-state index in [1.54, 1.807) is 0 Å². The molecule has 0 aromatic heterocycles. The van der Waals surface area contributed by atoms with Gasteiger partial charge in [0.05, 0.1) is 12.2 Å². The summed E-state index contributed by atoms with van der Waals surface area (Å²) in [6, 6.07) is 0. The first-order chi connectivity index (χ1) is 5.24. The Bertz CT molecular complexity index is 80.9. The second-order valence-corrected chi connectivity index (χ2v) is 3.17. The van der Waals surface area contributed by atoms with E-state index in [2.05, 4.69) is 27.7 Å². The molecule has 0 aromatic carbocycles. The van der Waals surface area contributed by atoms with Gasteiger partial charge >= 0.3 is 0 Å². The lowest BCUT2D eigenvalue weighted by Crippen LogP contribution is -2.18. The summed E-state index contributed by atoms with van der Waals surface area (Å²) in [5, 5.41) is 0. The molecule has 0 fully saturated rings. The van der Waals surface area contributed by atoms with E-state index in [4.69, 9.17) is 4.74 Å².